The first-order valence-corrected chi connectivity index (χ1v) is 5.64. The van der Waals surface area contributed by atoms with Crippen LogP contribution in [0.1, 0.15) is 22.8 Å². The van der Waals surface area contributed by atoms with Gasteiger partial charge in [0, 0.05) is 10.6 Å². The second-order valence-electron chi connectivity index (χ2n) is 3.44. The summed E-state index contributed by atoms with van der Waals surface area (Å²) >= 11 is 1.46. The molecule has 1 aromatic carbocycles. The van der Waals surface area contributed by atoms with Gasteiger partial charge in [0.05, 0.1) is 11.7 Å². The molecule has 1 aromatic rings. The van der Waals surface area contributed by atoms with E-state index in [1.54, 1.807) is 26.0 Å². The van der Waals surface area contributed by atoms with Crippen LogP contribution in [0, 0.1) is 6.92 Å². The number of hydrogen-bond acceptors (Lipinski definition) is 3. The lowest BCUT2D eigenvalue weighted by Crippen LogP contribution is -2.03. The lowest BCUT2D eigenvalue weighted by molar-refractivity contribution is 0.0696. The number of carbonyl (C=O) groups is 1. The summed E-state index contributed by atoms with van der Waals surface area (Å²) in [4.78, 5) is 11.7. The third kappa shape index (κ3) is 3.57. The molecule has 0 fully saturated rings. The van der Waals surface area contributed by atoms with E-state index in [0.29, 0.717) is 11.3 Å². The Hall–Kier alpha value is -1.00. The van der Waals surface area contributed by atoms with Gasteiger partial charge in [-0.15, -0.1) is 11.8 Å². The van der Waals surface area contributed by atoms with Gasteiger partial charge in [0.2, 0.25) is 0 Å². The molecule has 0 radical (unpaired) electrons. The molecule has 2 N–H and O–H groups in total. The fourth-order valence-electron chi connectivity index (χ4n) is 1.14. The third-order valence-electron chi connectivity index (χ3n) is 1.93. The van der Waals surface area contributed by atoms with Crippen molar-refractivity contribution in [3.05, 3.63) is 29.3 Å². The number of hydrogen-bond donors (Lipinski definition) is 2. The van der Waals surface area contributed by atoms with E-state index in [9.17, 15) is 4.79 Å². The Morgan fingerprint density at radius 3 is 2.73 bits per heavy atom. The second-order valence-corrected chi connectivity index (χ2v) is 4.54. The molecule has 0 aliphatic carbocycles. The van der Waals surface area contributed by atoms with Crippen molar-refractivity contribution in [3.63, 3.8) is 0 Å². The van der Waals surface area contributed by atoms with Crippen molar-refractivity contribution in [2.24, 2.45) is 0 Å². The quantitative estimate of drug-likeness (QED) is 0.772. The van der Waals surface area contributed by atoms with Crippen molar-refractivity contribution in [1.82, 2.24) is 0 Å². The van der Waals surface area contributed by atoms with Crippen molar-refractivity contribution in [3.8, 4) is 0 Å². The molecule has 3 nitrogen and oxygen atoms in total. The van der Waals surface area contributed by atoms with E-state index < -0.39 is 5.97 Å². The molecule has 0 aliphatic heterocycles. The van der Waals surface area contributed by atoms with Gasteiger partial charge < -0.3 is 10.2 Å². The summed E-state index contributed by atoms with van der Waals surface area (Å²) in [7, 11) is 0. The molecule has 0 saturated carbocycles. The fourth-order valence-corrected chi connectivity index (χ4v) is 1.94. The highest BCUT2D eigenvalue weighted by Gasteiger charge is 2.08. The van der Waals surface area contributed by atoms with Crippen molar-refractivity contribution in [1.29, 1.82) is 0 Å². The average molecular weight is 226 g/mol. The predicted octanol–water partition coefficient (Wildman–Crippen LogP) is 2.17. The molecule has 1 atom stereocenters. The third-order valence-corrected chi connectivity index (χ3v) is 3.17. The zero-order chi connectivity index (χ0) is 11.4. The number of aliphatic hydroxyl groups is 1. The van der Waals surface area contributed by atoms with Gasteiger partial charge in [-0.3, -0.25) is 0 Å². The predicted molar refractivity (Wildman–Crippen MR) is 60.5 cm³/mol. The number of aliphatic hydroxyl groups excluding tert-OH is 1. The Bertz CT molecular complexity index is 361. The smallest absolute Gasteiger partial charge is 0.335 e. The minimum Gasteiger partial charge on any atom is -0.478 e. The Kier molecular flexibility index (Phi) is 4.17. The molecule has 0 saturated heterocycles. The number of aromatic carboxylic acids is 1. The normalized spacial score (nSPS) is 12.5. The lowest BCUT2D eigenvalue weighted by atomic mass is 10.1. The van der Waals surface area contributed by atoms with Crippen LogP contribution >= 0.6 is 11.8 Å². The van der Waals surface area contributed by atoms with Gasteiger partial charge in [-0.25, -0.2) is 4.79 Å². The van der Waals surface area contributed by atoms with Gasteiger partial charge in [-0.2, -0.15) is 0 Å². The van der Waals surface area contributed by atoms with Gasteiger partial charge in [0.1, 0.15) is 0 Å². The van der Waals surface area contributed by atoms with Crippen LogP contribution in [0.25, 0.3) is 0 Å². The van der Waals surface area contributed by atoms with Crippen LogP contribution in [-0.4, -0.2) is 28.0 Å². The first-order valence-electron chi connectivity index (χ1n) is 4.65. The van der Waals surface area contributed by atoms with Crippen molar-refractivity contribution >= 4 is 17.7 Å². The molecule has 15 heavy (non-hydrogen) atoms. The minimum absolute atomic E-state index is 0.325. The van der Waals surface area contributed by atoms with Crippen molar-refractivity contribution < 1.29 is 15.0 Å². The van der Waals surface area contributed by atoms with Crippen LogP contribution in [0.5, 0.6) is 0 Å². The van der Waals surface area contributed by atoms with E-state index in [2.05, 4.69) is 0 Å². The molecular weight excluding hydrogens is 212 g/mol. The molecule has 1 unspecified atom stereocenters. The van der Waals surface area contributed by atoms with Gasteiger partial charge in [-0.1, -0.05) is 6.07 Å². The Morgan fingerprint density at radius 1 is 1.53 bits per heavy atom. The Balaban J connectivity index is 2.83. The van der Waals surface area contributed by atoms with Gasteiger partial charge in [0.25, 0.3) is 0 Å². The van der Waals surface area contributed by atoms with Gasteiger partial charge >= 0.3 is 5.97 Å². The van der Waals surface area contributed by atoms with E-state index in [-0.39, 0.29) is 6.10 Å². The lowest BCUT2D eigenvalue weighted by Gasteiger charge is -2.06. The average Bonchev–Trinajstić information content (AvgIpc) is 2.16. The maximum Gasteiger partial charge on any atom is 0.335 e. The van der Waals surface area contributed by atoms with Crippen molar-refractivity contribution in [2.45, 2.75) is 24.8 Å². The SMILES string of the molecule is Cc1ccc(SCC(C)O)cc1C(=O)O. The monoisotopic (exact) mass is 226 g/mol. The topological polar surface area (TPSA) is 57.5 Å². The highest BCUT2D eigenvalue weighted by molar-refractivity contribution is 7.99. The summed E-state index contributed by atoms with van der Waals surface area (Å²) in [6, 6.07) is 5.30. The first-order chi connectivity index (χ1) is 7.00. The molecule has 0 spiro atoms. The Labute approximate surface area is 93.1 Å². The molecule has 4 heteroatoms. The number of aryl methyl sites for hydroxylation is 1. The van der Waals surface area contributed by atoms with E-state index in [1.807, 2.05) is 6.07 Å². The molecule has 0 aromatic heterocycles. The van der Waals surface area contributed by atoms with Crippen molar-refractivity contribution in [2.75, 3.05) is 5.75 Å². The zero-order valence-electron chi connectivity index (χ0n) is 8.73. The maximum absolute atomic E-state index is 10.9. The van der Waals surface area contributed by atoms with Gasteiger partial charge in [0.15, 0.2) is 0 Å². The summed E-state index contributed by atoms with van der Waals surface area (Å²) in [6.07, 6.45) is -0.385. The summed E-state index contributed by atoms with van der Waals surface area (Å²) in [5.41, 5.74) is 1.08. The largest absolute Gasteiger partial charge is 0.478 e. The Morgan fingerprint density at radius 2 is 2.20 bits per heavy atom. The summed E-state index contributed by atoms with van der Waals surface area (Å²) in [5.74, 6) is -0.339. The molecule has 0 bridgehead atoms. The van der Waals surface area contributed by atoms with E-state index in [0.717, 1.165) is 10.5 Å². The van der Waals surface area contributed by atoms with Crippen LogP contribution < -0.4 is 0 Å². The van der Waals surface area contributed by atoms with Crippen LogP contribution in [0.4, 0.5) is 0 Å². The summed E-state index contributed by atoms with van der Waals surface area (Å²) < 4.78 is 0. The van der Waals surface area contributed by atoms with Crippen LogP contribution in [0.15, 0.2) is 23.1 Å². The minimum atomic E-state index is -0.910. The van der Waals surface area contributed by atoms with Crippen LogP contribution in [0.3, 0.4) is 0 Å². The molecule has 0 aliphatic rings. The number of rotatable bonds is 4. The molecular formula is C11H14O3S. The number of benzene rings is 1. The zero-order valence-corrected chi connectivity index (χ0v) is 9.54. The standard InChI is InChI=1S/C11H14O3S/c1-7-3-4-9(15-6-8(2)12)5-10(7)11(13)14/h3-5,8,12H,6H2,1-2H3,(H,13,14). The van der Waals surface area contributed by atoms with Crippen LogP contribution in [-0.2, 0) is 0 Å². The fraction of sp³-hybridized carbons (Fsp3) is 0.364. The molecule has 82 valence electrons. The number of thioether (sulfide) groups is 1. The highest BCUT2D eigenvalue weighted by Crippen LogP contribution is 2.22. The first kappa shape index (κ1) is 12.1. The van der Waals surface area contributed by atoms with E-state index in [4.69, 9.17) is 10.2 Å². The second kappa shape index (κ2) is 5.19. The van der Waals surface area contributed by atoms with E-state index in [1.165, 1.54) is 11.8 Å². The number of carboxylic acid groups (broad SMARTS) is 1. The van der Waals surface area contributed by atoms with Crippen LogP contribution in [0.2, 0.25) is 0 Å². The highest BCUT2D eigenvalue weighted by atomic mass is 32.2. The number of carboxylic acids is 1. The molecule has 0 amide bonds. The summed E-state index contributed by atoms with van der Waals surface area (Å²) in [5, 5.41) is 18.0. The molecule has 0 heterocycles. The van der Waals surface area contributed by atoms with Gasteiger partial charge in [-0.05, 0) is 31.5 Å². The van der Waals surface area contributed by atoms with E-state index >= 15 is 0 Å². The summed E-state index contributed by atoms with van der Waals surface area (Å²) in [6.45, 7) is 3.48. The maximum atomic E-state index is 10.9. The molecule has 1 rings (SSSR count).